The molecule has 0 spiro atoms. The molecule has 2 saturated carbocycles. The van der Waals surface area contributed by atoms with Gasteiger partial charge in [-0.1, -0.05) is 90.4 Å². The van der Waals surface area contributed by atoms with Crippen LogP contribution < -0.4 is 0 Å². The monoisotopic (exact) mass is 396 g/mol. The summed E-state index contributed by atoms with van der Waals surface area (Å²) in [6.45, 7) is 2.29. The zero-order valence-corrected chi connectivity index (χ0v) is 18.6. The first-order valence-electron chi connectivity index (χ1n) is 12.7. The lowest BCUT2D eigenvalue weighted by atomic mass is 9.68. The molecule has 0 saturated heterocycles. The minimum absolute atomic E-state index is 0.571. The van der Waals surface area contributed by atoms with E-state index in [2.05, 4.69) is 6.92 Å². The smallest absolute Gasteiger partial charge is 0.174 e. The highest BCUT2D eigenvalue weighted by atomic mass is 19.3. The third-order valence-electron chi connectivity index (χ3n) is 7.79. The molecule has 0 unspecified atom stereocenters. The molecule has 0 aromatic carbocycles. The van der Waals surface area contributed by atoms with Crippen molar-refractivity contribution in [3.05, 3.63) is 12.2 Å². The predicted molar refractivity (Wildman–Crippen MR) is 118 cm³/mol. The lowest BCUT2D eigenvalue weighted by molar-refractivity contribution is 0.140. The topological polar surface area (TPSA) is 0 Å². The fraction of sp³-hybridized carbons (Fsp3) is 0.923. The highest BCUT2D eigenvalue weighted by Gasteiger charge is 2.30. The van der Waals surface area contributed by atoms with Crippen LogP contribution in [0.2, 0.25) is 0 Å². The largest absolute Gasteiger partial charge is 0.266 e. The summed E-state index contributed by atoms with van der Waals surface area (Å²) in [6, 6.07) is 0. The van der Waals surface area contributed by atoms with E-state index >= 15 is 0 Å². The molecule has 164 valence electrons. The highest BCUT2D eigenvalue weighted by molar-refractivity contribution is 4.85. The minimum atomic E-state index is -1.50. The van der Waals surface area contributed by atoms with Gasteiger partial charge in [-0.15, -0.1) is 0 Å². The first-order valence-corrected chi connectivity index (χ1v) is 12.7. The number of hydrogen-bond acceptors (Lipinski definition) is 0. The van der Waals surface area contributed by atoms with E-state index in [-0.39, 0.29) is 0 Å². The molecule has 2 fully saturated rings. The van der Waals surface area contributed by atoms with Gasteiger partial charge in [0.05, 0.1) is 0 Å². The second-order valence-electron chi connectivity index (χ2n) is 9.90. The van der Waals surface area contributed by atoms with Gasteiger partial charge >= 0.3 is 0 Å². The Morgan fingerprint density at radius 3 is 1.61 bits per heavy atom. The van der Waals surface area contributed by atoms with Crippen molar-refractivity contribution >= 4 is 0 Å². The number of halogens is 2. The fourth-order valence-electron chi connectivity index (χ4n) is 5.89. The normalized spacial score (nSPS) is 28.2. The van der Waals surface area contributed by atoms with Crippen molar-refractivity contribution in [2.45, 2.75) is 129 Å². The lowest BCUT2D eigenvalue weighted by Crippen LogP contribution is -2.25. The van der Waals surface area contributed by atoms with Gasteiger partial charge in [-0.25, -0.2) is 0 Å². The van der Waals surface area contributed by atoms with Crippen LogP contribution in [-0.4, -0.2) is 0 Å². The molecule has 0 bridgehead atoms. The highest BCUT2D eigenvalue weighted by Crippen LogP contribution is 2.43. The van der Waals surface area contributed by atoms with E-state index < -0.39 is 6.08 Å². The summed E-state index contributed by atoms with van der Waals surface area (Å²) in [5.41, 5.74) is 0. The molecule has 0 N–H and O–H groups in total. The average molecular weight is 397 g/mol. The molecule has 0 heterocycles. The second-order valence-corrected chi connectivity index (χ2v) is 9.90. The molecule has 0 atom stereocenters. The van der Waals surface area contributed by atoms with Crippen molar-refractivity contribution in [3.63, 3.8) is 0 Å². The van der Waals surface area contributed by atoms with Gasteiger partial charge in [-0.2, -0.15) is 8.78 Å². The van der Waals surface area contributed by atoms with Crippen molar-refractivity contribution in [2.24, 2.45) is 23.7 Å². The van der Waals surface area contributed by atoms with Gasteiger partial charge in [-0.05, 0) is 68.3 Å². The van der Waals surface area contributed by atoms with Crippen molar-refractivity contribution in [3.8, 4) is 0 Å². The summed E-state index contributed by atoms with van der Waals surface area (Å²) in [4.78, 5) is 0. The Morgan fingerprint density at radius 2 is 1.11 bits per heavy atom. The van der Waals surface area contributed by atoms with E-state index in [9.17, 15) is 8.78 Å². The van der Waals surface area contributed by atoms with Crippen LogP contribution >= 0.6 is 0 Å². The van der Waals surface area contributed by atoms with E-state index in [1.165, 1.54) is 109 Å². The molecule has 0 aromatic rings. The van der Waals surface area contributed by atoms with E-state index in [4.69, 9.17) is 0 Å². The zero-order valence-electron chi connectivity index (χ0n) is 18.6. The summed E-state index contributed by atoms with van der Waals surface area (Å²) in [5.74, 6) is 3.62. The molecule has 2 rings (SSSR count). The van der Waals surface area contributed by atoms with Crippen LogP contribution in [0.15, 0.2) is 12.2 Å². The summed E-state index contributed by atoms with van der Waals surface area (Å²) < 4.78 is 24.3. The molecule has 2 aliphatic carbocycles. The predicted octanol–water partition coefficient (Wildman–Crippen LogP) is 9.69. The van der Waals surface area contributed by atoms with Crippen LogP contribution in [0.1, 0.15) is 129 Å². The Bertz CT molecular complexity index is 397. The van der Waals surface area contributed by atoms with Crippen molar-refractivity contribution in [1.29, 1.82) is 0 Å². The van der Waals surface area contributed by atoms with E-state index in [0.717, 1.165) is 30.3 Å². The van der Waals surface area contributed by atoms with E-state index in [1.54, 1.807) is 0 Å². The molecule has 0 nitrogen and oxygen atoms in total. The van der Waals surface area contributed by atoms with Gasteiger partial charge in [0.2, 0.25) is 0 Å². The standard InChI is InChI=1S/C26H46F2/c1-2-3-4-5-6-7-8-9-11-22-14-18-24(19-15-22)25-20-16-23(17-21-25)12-10-13-26(27)28/h13,22-25H,2-12,14-21H2,1H3/t22-,23-,24-,25-. The van der Waals surface area contributed by atoms with Crippen molar-refractivity contribution in [2.75, 3.05) is 0 Å². The number of hydrogen-bond donors (Lipinski definition) is 0. The Hall–Kier alpha value is -0.400. The van der Waals surface area contributed by atoms with Crippen molar-refractivity contribution in [1.82, 2.24) is 0 Å². The molecule has 0 aliphatic heterocycles. The first kappa shape index (κ1) is 23.9. The Balaban J connectivity index is 1.48. The van der Waals surface area contributed by atoms with Crippen LogP contribution in [0.5, 0.6) is 0 Å². The Morgan fingerprint density at radius 1 is 0.643 bits per heavy atom. The first-order chi connectivity index (χ1) is 13.7. The van der Waals surface area contributed by atoms with E-state index in [0.29, 0.717) is 12.3 Å². The third kappa shape index (κ3) is 9.88. The Labute approximate surface area is 173 Å². The quantitative estimate of drug-likeness (QED) is 0.272. The van der Waals surface area contributed by atoms with Crippen LogP contribution in [0, 0.1) is 23.7 Å². The molecule has 0 amide bonds. The average Bonchev–Trinajstić information content (AvgIpc) is 2.71. The molecule has 28 heavy (non-hydrogen) atoms. The molecular formula is C26H46F2. The van der Waals surface area contributed by atoms with Crippen molar-refractivity contribution < 1.29 is 8.78 Å². The number of unbranched alkanes of at least 4 members (excludes halogenated alkanes) is 7. The van der Waals surface area contributed by atoms with Crippen LogP contribution in [0.3, 0.4) is 0 Å². The Kier molecular flexibility index (Phi) is 12.4. The number of allylic oxidation sites excluding steroid dienone is 1. The molecule has 2 heteroatoms. The minimum Gasteiger partial charge on any atom is -0.174 e. The fourth-order valence-corrected chi connectivity index (χ4v) is 5.89. The maximum atomic E-state index is 12.2. The van der Waals surface area contributed by atoms with Crippen LogP contribution in [0.4, 0.5) is 8.78 Å². The van der Waals surface area contributed by atoms with Gasteiger partial charge in [-0.3, -0.25) is 0 Å². The van der Waals surface area contributed by atoms with Crippen LogP contribution in [0.25, 0.3) is 0 Å². The SMILES string of the molecule is CCCCCCCCCC[C@H]1CC[C@H]([C@H]2CC[C@H](CCC=C(F)F)CC2)CC1. The van der Waals surface area contributed by atoms with Gasteiger partial charge in [0.15, 0.2) is 0 Å². The summed E-state index contributed by atoms with van der Waals surface area (Å²) >= 11 is 0. The second kappa shape index (κ2) is 14.6. The van der Waals surface area contributed by atoms with Gasteiger partial charge in [0, 0.05) is 0 Å². The molecule has 0 radical (unpaired) electrons. The number of rotatable bonds is 13. The third-order valence-corrected chi connectivity index (χ3v) is 7.79. The lowest BCUT2D eigenvalue weighted by Gasteiger charge is -2.38. The zero-order chi connectivity index (χ0) is 20.0. The van der Waals surface area contributed by atoms with Crippen LogP contribution in [-0.2, 0) is 0 Å². The van der Waals surface area contributed by atoms with Gasteiger partial charge in [0.25, 0.3) is 6.08 Å². The van der Waals surface area contributed by atoms with Gasteiger partial charge < -0.3 is 0 Å². The van der Waals surface area contributed by atoms with Gasteiger partial charge in [0.1, 0.15) is 0 Å². The summed E-state index contributed by atoms with van der Waals surface area (Å²) in [6.07, 6.45) is 25.3. The molecule has 2 aliphatic rings. The van der Waals surface area contributed by atoms with E-state index in [1.807, 2.05) is 0 Å². The molecular weight excluding hydrogens is 350 g/mol. The molecule has 0 aromatic heterocycles. The maximum absolute atomic E-state index is 12.2. The maximum Gasteiger partial charge on any atom is 0.266 e. The summed E-state index contributed by atoms with van der Waals surface area (Å²) in [5, 5.41) is 0. The summed E-state index contributed by atoms with van der Waals surface area (Å²) in [7, 11) is 0.